The van der Waals surface area contributed by atoms with Gasteiger partial charge in [-0.25, -0.2) is 5.10 Å². The highest BCUT2D eigenvalue weighted by Gasteiger charge is 2.21. The van der Waals surface area contributed by atoms with Crippen molar-refractivity contribution in [2.24, 2.45) is 0 Å². The number of nitrogens with zero attached hydrogens (tertiary/aromatic N) is 3. The highest BCUT2D eigenvalue weighted by molar-refractivity contribution is 7.71. The van der Waals surface area contributed by atoms with Gasteiger partial charge in [0.05, 0.1) is 0 Å². The Balaban J connectivity index is 1.91. The van der Waals surface area contributed by atoms with Crippen LogP contribution < -0.4 is 4.90 Å². The summed E-state index contributed by atoms with van der Waals surface area (Å²) >= 11 is 7.15. The van der Waals surface area contributed by atoms with Crippen LogP contribution in [0.2, 0.25) is 0 Å². The van der Waals surface area contributed by atoms with Crippen molar-refractivity contribution >= 4 is 29.5 Å². The first kappa shape index (κ1) is 11.9. The molecule has 1 aliphatic heterocycles. The summed E-state index contributed by atoms with van der Waals surface area (Å²) in [7, 11) is 0. The van der Waals surface area contributed by atoms with Crippen molar-refractivity contribution in [2.75, 3.05) is 11.4 Å². The maximum atomic E-state index is 5.29. The van der Waals surface area contributed by atoms with Gasteiger partial charge in [0, 0.05) is 24.5 Å². The van der Waals surface area contributed by atoms with Crippen molar-refractivity contribution < 1.29 is 0 Å². The van der Waals surface area contributed by atoms with E-state index in [1.54, 1.807) is 0 Å². The number of hydrogen-bond donors (Lipinski definition) is 1. The quantitative estimate of drug-likeness (QED) is 0.878. The molecule has 3 rings (SSSR count). The monoisotopic (exact) mass is 280 g/mol. The summed E-state index contributed by atoms with van der Waals surface area (Å²) in [6.45, 7) is 5.06. The minimum Gasteiger partial charge on any atom is -0.336 e. The minimum atomic E-state index is 0.725. The Morgan fingerprint density at radius 3 is 3.28 bits per heavy atom. The largest absolute Gasteiger partial charge is 0.336 e. The number of fused-ring (bicyclic) bond motifs is 1. The Morgan fingerprint density at radius 2 is 2.44 bits per heavy atom. The fourth-order valence-electron chi connectivity index (χ4n) is 2.40. The molecule has 0 unspecified atom stereocenters. The van der Waals surface area contributed by atoms with E-state index in [0.29, 0.717) is 0 Å². The lowest BCUT2D eigenvalue weighted by molar-refractivity contribution is 0.628. The van der Waals surface area contributed by atoms with Gasteiger partial charge in [-0.2, -0.15) is 0 Å². The van der Waals surface area contributed by atoms with Gasteiger partial charge in [-0.05, 0) is 42.1 Å². The lowest BCUT2D eigenvalue weighted by Gasteiger charge is -2.27. The van der Waals surface area contributed by atoms with E-state index in [4.69, 9.17) is 12.2 Å². The van der Waals surface area contributed by atoms with E-state index in [2.05, 4.69) is 38.0 Å². The van der Waals surface area contributed by atoms with Gasteiger partial charge in [0.2, 0.25) is 5.95 Å². The van der Waals surface area contributed by atoms with Crippen LogP contribution in [0.25, 0.3) is 0 Å². The van der Waals surface area contributed by atoms with Crippen LogP contribution in [-0.2, 0) is 19.5 Å². The lowest BCUT2D eigenvalue weighted by atomic mass is 10.1. The predicted octanol–water partition coefficient (Wildman–Crippen LogP) is 2.97. The van der Waals surface area contributed by atoms with E-state index in [-0.39, 0.29) is 0 Å². The summed E-state index contributed by atoms with van der Waals surface area (Å²) in [5.74, 6) is 0.985. The van der Waals surface area contributed by atoms with Crippen molar-refractivity contribution in [2.45, 2.75) is 32.9 Å². The van der Waals surface area contributed by atoms with Crippen molar-refractivity contribution in [3.63, 3.8) is 0 Å². The van der Waals surface area contributed by atoms with Gasteiger partial charge in [-0.3, -0.25) is 4.57 Å². The Labute approximate surface area is 115 Å². The van der Waals surface area contributed by atoms with E-state index >= 15 is 0 Å². The predicted molar refractivity (Wildman–Crippen MR) is 76.8 cm³/mol. The molecule has 1 aliphatic rings. The standard InChI is InChI=1S/C12H16N4S2/c1-2-5-16-11(13-14-12(16)17)15-6-3-10-9(8-15)4-7-18-10/h4,7H,2-3,5-6,8H2,1H3,(H,14,17). The molecule has 4 nitrogen and oxygen atoms in total. The van der Waals surface area contributed by atoms with Gasteiger partial charge in [-0.1, -0.05) is 6.92 Å². The Kier molecular flexibility index (Phi) is 3.22. The molecule has 2 aromatic heterocycles. The van der Waals surface area contributed by atoms with E-state index in [0.717, 1.165) is 43.2 Å². The first-order valence-electron chi connectivity index (χ1n) is 6.25. The third-order valence-corrected chi connectivity index (χ3v) is 4.61. The summed E-state index contributed by atoms with van der Waals surface area (Å²) in [4.78, 5) is 3.83. The molecule has 0 aliphatic carbocycles. The van der Waals surface area contributed by atoms with E-state index in [1.807, 2.05) is 11.3 Å². The number of nitrogens with one attached hydrogen (secondary N) is 1. The topological polar surface area (TPSA) is 36.9 Å². The molecule has 0 amide bonds. The fraction of sp³-hybridized carbons (Fsp3) is 0.500. The second kappa shape index (κ2) is 4.85. The zero-order chi connectivity index (χ0) is 12.5. The van der Waals surface area contributed by atoms with E-state index in [1.165, 1.54) is 10.4 Å². The Hall–Kier alpha value is -1.14. The smallest absolute Gasteiger partial charge is 0.226 e. The fourth-order valence-corrected chi connectivity index (χ4v) is 3.50. The third kappa shape index (κ3) is 1.99. The molecule has 18 heavy (non-hydrogen) atoms. The Morgan fingerprint density at radius 1 is 1.56 bits per heavy atom. The van der Waals surface area contributed by atoms with Crippen LogP contribution in [0.15, 0.2) is 11.4 Å². The summed E-state index contributed by atoms with van der Waals surface area (Å²) in [5, 5.41) is 9.48. The average molecular weight is 280 g/mol. The van der Waals surface area contributed by atoms with Crippen LogP contribution in [-0.4, -0.2) is 21.3 Å². The molecule has 0 atom stereocenters. The van der Waals surface area contributed by atoms with E-state index < -0.39 is 0 Å². The van der Waals surface area contributed by atoms with Gasteiger partial charge in [0.15, 0.2) is 4.77 Å². The maximum Gasteiger partial charge on any atom is 0.226 e. The summed E-state index contributed by atoms with van der Waals surface area (Å²) in [6.07, 6.45) is 2.18. The third-order valence-electron chi connectivity index (χ3n) is 3.28. The zero-order valence-electron chi connectivity index (χ0n) is 10.3. The van der Waals surface area contributed by atoms with Gasteiger partial charge < -0.3 is 4.90 Å². The minimum absolute atomic E-state index is 0.725. The number of anilines is 1. The Bertz CT molecular complexity index is 595. The highest BCUT2D eigenvalue weighted by Crippen LogP contribution is 2.26. The molecule has 2 aromatic rings. The van der Waals surface area contributed by atoms with Crippen molar-refractivity contribution in [1.82, 2.24) is 14.8 Å². The van der Waals surface area contributed by atoms with Gasteiger partial charge in [-0.15, -0.1) is 16.4 Å². The SMILES string of the molecule is CCCn1c(N2CCc3sccc3C2)n[nH]c1=S. The molecule has 0 spiro atoms. The number of aromatic amines is 1. The average Bonchev–Trinajstić information content (AvgIpc) is 2.97. The van der Waals surface area contributed by atoms with Crippen LogP contribution in [0, 0.1) is 4.77 Å². The van der Waals surface area contributed by atoms with Gasteiger partial charge in [0.25, 0.3) is 0 Å². The molecular weight excluding hydrogens is 264 g/mol. The number of hydrogen-bond acceptors (Lipinski definition) is 4. The summed E-state index contributed by atoms with van der Waals surface area (Å²) in [6, 6.07) is 2.22. The number of H-pyrrole nitrogens is 1. The summed E-state index contributed by atoms with van der Waals surface area (Å²) in [5.41, 5.74) is 1.43. The zero-order valence-corrected chi connectivity index (χ0v) is 12.0. The molecule has 0 radical (unpaired) electrons. The number of rotatable bonds is 3. The molecule has 0 saturated carbocycles. The molecule has 0 aromatic carbocycles. The van der Waals surface area contributed by atoms with Crippen molar-refractivity contribution in [1.29, 1.82) is 0 Å². The van der Waals surface area contributed by atoms with Crippen molar-refractivity contribution in [3.05, 3.63) is 26.7 Å². The van der Waals surface area contributed by atoms with Gasteiger partial charge >= 0.3 is 0 Å². The number of thiophene rings is 1. The molecule has 0 saturated heterocycles. The second-order valence-electron chi connectivity index (χ2n) is 4.52. The molecule has 0 fully saturated rings. The molecule has 3 heterocycles. The molecule has 1 N–H and O–H groups in total. The lowest BCUT2D eigenvalue weighted by Crippen LogP contribution is -2.31. The van der Waals surface area contributed by atoms with Gasteiger partial charge in [0.1, 0.15) is 0 Å². The van der Waals surface area contributed by atoms with Crippen LogP contribution >= 0.6 is 23.6 Å². The summed E-state index contributed by atoms with van der Waals surface area (Å²) < 4.78 is 2.83. The molecular formula is C12H16N4S2. The van der Waals surface area contributed by atoms with Crippen LogP contribution in [0.4, 0.5) is 5.95 Å². The van der Waals surface area contributed by atoms with Crippen LogP contribution in [0.3, 0.4) is 0 Å². The van der Waals surface area contributed by atoms with Crippen LogP contribution in [0.5, 0.6) is 0 Å². The highest BCUT2D eigenvalue weighted by atomic mass is 32.1. The first-order chi connectivity index (χ1) is 8.79. The maximum absolute atomic E-state index is 5.29. The second-order valence-corrected chi connectivity index (χ2v) is 5.91. The molecule has 0 bridgehead atoms. The normalized spacial score (nSPS) is 14.8. The van der Waals surface area contributed by atoms with Crippen molar-refractivity contribution in [3.8, 4) is 0 Å². The first-order valence-corrected chi connectivity index (χ1v) is 7.53. The molecule has 6 heteroatoms. The van der Waals surface area contributed by atoms with Crippen LogP contribution in [0.1, 0.15) is 23.8 Å². The number of aromatic nitrogens is 3. The molecule has 96 valence electrons. The van der Waals surface area contributed by atoms with E-state index in [9.17, 15) is 0 Å².